The Morgan fingerprint density at radius 1 is 1.10 bits per heavy atom. The summed E-state index contributed by atoms with van der Waals surface area (Å²) in [4.78, 5) is 0. The first-order valence-corrected chi connectivity index (χ1v) is 6.78. The molecule has 0 aliphatic carbocycles. The Kier molecular flexibility index (Phi) is 4.91. The first-order chi connectivity index (χ1) is 10.0. The molecule has 2 rings (SSSR count). The average Bonchev–Trinajstić information content (AvgIpc) is 2.49. The normalized spacial score (nSPS) is 12.2. The van der Waals surface area contributed by atoms with Gasteiger partial charge in [-0.15, -0.1) is 0 Å². The molecule has 0 saturated heterocycles. The molecule has 4 heteroatoms. The minimum atomic E-state index is -0.952. The Hall–Kier alpha value is -1.94. The van der Waals surface area contributed by atoms with Gasteiger partial charge in [-0.25, -0.2) is 8.78 Å². The third kappa shape index (κ3) is 3.79. The highest BCUT2D eigenvalue weighted by Crippen LogP contribution is 2.25. The van der Waals surface area contributed by atoms with Crippen LogP contribution in [0.5, 0.6) is 5.75 Å². The van der Waals surface area contributed by atoms with Crippen molar-refractivity contribution in [1.29, 1.82) is 0 Å². The van der Waals surface area contributed by atoms with Crippen molar-refractivity contribution in [2.75, 3.05) is 7.11 Å². The van der Waals surface area contributed by atoms with E-state index in [-0.39, 0.29) is 5.56 Å². The van der Waals surface area contributed by atoms with Crippen LogP contribution in [0.4, 0.5) is 8.78 Å². The molecule has 0 aromatic heterocycles. The number of benzene rings is 2. The number of rotatable bonds is 5. The number of methoxy groups -OCH3 is 1. The van der Waals surface area contributed by atoms with E-state index < -0.39 is 17.7 Å². The van der Waals surface area contributed by atoms with Crippen molar-refractivity contribution < 1.29 is 18.6 Å². The van der Waals surface area contributed by atoms with Crippen molar-refractivity contribution in [3.8, 4) is 5.75 Å². The highest BCUT2D eigenvalue weighted by molar-refractivity contribution is 5.29. The molecule has 0 aliphatic heterocycles. The van der Waals surface area contributed by atoms with Gasteiger partial charge in [-0.2, -0.15) is 0 Å². The molecule has 0 fully saturated rings. The lowest BCUT2D eigenvalue weighted by Gasteiger charge is -2.13. The molecule has 2 aromatic rings. The summed E-state index contributed by atoms with van der Waals surface area (Å²) in [6.45, 7) is 1.55. The lowest BCUT2D eigenvalue weighted by molar-refractivity contribution is 0.163. The molecular weight excluding hydrogens is 274 g/mol. The molecule has 0 aliphatic rings. The number of aliphatic hydroxyl groups is 1. The van der Waals surface area contributed by atoms with E-state index in [9.17, 15) is 13.9 Å². The topological polar surface area (TPSA) is 29.5 Å². The fourth-order valence-electron chi connectivity index (χ4n) is 2.19. The van der Waals surface area contributed by atoms with Crippen LogP contribution >= 0.6 is 0 Å². The van der Waals surface area contributed by atoms with E-state index in [4.69, 9.17) is 4.74 Å². The van der Waals surface area contributed by atoms with Crippen LogP contribution < -0.4 is 4.74 Å². The van der Waals surface area contributed by atoms with E-state index in [1.165, 1.54) is 6.07 Å². The second-order valence-corrected chi connectivity index (χ2v) is 5.03. The van der Waals surface area contributed by atoms with Crippen molar-refractivity contribution in [2.24, 2.45) is 0 Å². The SMILES string of the molecule is COc1ccc(CCC(O)c2cc(C)c(F)cc2F)cc1. The van der Waals surface area contributed by atoms with E-state index in [0.29, 0.717) is 18.4 Å². The molecule has 1 atom stereocenters. The largest absolute Gasteiger partial charge is 0.497 e. The summed E-state index contributed by atoms with van der Waals surface area (Å²) >= 11 is 0. The molecule has 2 nitrogen and oxygen atoms in total. The van der Waals surface area contributed by atoms with Crippen LogP contribution in [0.3, 0.4) is 0 Å². The van der Waals surface area contributed by atoms with Crippen LogP contribution in [0.25, 0.3) is 0 Å². The lowest BCUT2D eigenvalue weighted by atomic mass is 9.99. The lowest BCUT2D eigenvalue weighted by Crippen LogP contribution is -2.04. The zero-order valence-electron chi connectivity index (χ0n) is 12.1. The predicted octanol–water partition coefficient (Wildman–Crippen LogP) is 3.95. The first-order valence-electron chi connectivity index (χ1n) is 6.78. The molecule has 0 spiro atoms. The van der Waals surface area contributed by atoms with Gasteiger partial charge in [-0.1, -0.05) is 12.1 Å². The van der Waals surface area contributed by atoms with E-state index in [1.54, 1.807) is 14.0 Å². The number of hydrogen-bond donors (Lipinski definition) is 1. The van der Waals surface area contributed by atoms with Gasteiger partial charge in [-0.05, 0) is 49.1 Å². The van der Waals surface area contributed by atoms with Crippen molar-refractivity contribution in [3.63, 3.8) is 0 Å². The standard InChI is InChI=1S/C17H18F2O2/c1-11-9-14(16(19)10-15(11)18)17(20)8-5-12-3-6-13(21-2)7-4-12/h3-4,6-7,9-10,17,20H,5,8H2,1-2H3. The number of halogens is 2. The number of aryl methyl sites for hydroxylation is 2. The van der Waals surface area contributed by atoms with Gasteiger partial charge in [0.2, 0.25) is 0 Å². The summed E-state index contributed by atoms with van der Waals surface area (Å²) in [5.74, 6) is -0.543. The van der Waals surface area contributed by atoms with Crippen LogP contribution in [0.15, 0.2) is 36.4 Å². The highest BCUT2D eigenvalue weighted by Gasteiger charge is 2.15. The number of aliphatic hydroxyl groups excluding tert-OH is 1. The van der Waals surface area contributed by atoms with Gasteiger partial charge < -0.3 is 9.84 Å². The average molecular weight is 292 g/mol. The second-order valence-electron chi connectivity index (χ2n) is 5.03. The van der Waals surface area contributed by atoms with Gasteiger partial charge in [0.05, 0.1) is 13.2 Å². The third-order valence-electron chi connectivity index (χ3n) is 3.50. The molecule has 0 bridgehead atoms. The second kappa shape index (κ2) is 6.68. The summed E-state index contributed by atoms with van der Waals surface area (Å²) in [5, 5.41) is 10.1. The van der Waals surface area contributed by atoms with Gasteiger partial charge in [0.1, 0.15) is 17.4 Å². The summed E-state index contributed by atoms with van der Waals surface area (Å²) in [5.41, 5.74) is 1.49. The zero-order valence-corrected chi connectivity index (χ0v) is 12.1. The quantitative estimate of drug-likeness (QED) is 0.904. The van der Waals surface area contributed by atoms with E-state index in [1.807, 2.05) is 24.3 Å². The maximum Gasteiger partial charge on any atom is 0.131 e. The molecule has 0 heterocycles. The molecule has 0 radical (unpaired) electrons. The van der Waals surface area contributed by atoms with Gasteiger partial charge in [0.25, 0.3) is 0 Å². The fraction of sp³-hybridized carbons (Fsp3) is 0.294. The molecule has 0 saturated carbocycles. The summed E-state index contributed by atoms with van der Waals surface area (Å²) in [7, 11) is 1.60. The zero-order chi connectivity index (χ0) is 15.4. The minimum Gasteiger partial charge on any atom is -0.497 e. The summed E-state index contributed by atoms with van der Waals surface area (Å²) in [6.07, 6.45) is 0.0152. The van der Waals surface area contributed by atoms with Crippen LogP contribution in [0, 0.1) is 18.6 Å². The Balaban J connectivity index is 2.04. The Morgan fingerprint density at radius 2 is 1.76 bits per heavy atom. The molecule has 2 aromatic carbocycles. The minimum absolute atomic E-state index is 0.141. The molecule has 1 unspecified atom stereocenters. The Bertz CT molecular complexity index is 609. The summed E-state index contributed by atoms with van der Waals surface area (Å²) in [6, 6.07) is 9.66. The van der Waals surface area contributed by atoms with E-state index >= 15 is 0 Å². The van der Waals surface area contributed by atoms with Crippen molar-refractivity contribution >= 4 is 0 Å². The smallest absolute Gasteiger partial charge is 0.131 e. The molecular formula is C17H18F2O2. The van der Waals surface area contributed by atoms with Gasteiger partial charge in [0, 0.05) is 11.6 Å². The van der Waals surface area contributed by atoms with Gasteiger partial charge in [-0.3, -0.25) is 0 Å². The van der Waals surface area contributed by atoms with Crippen LogP contribution in [-0.4, -0.2) is 12.2 Å². The monoisotopic (exact) mass is 292 g/mol. The maximum atomic E-state index is 13.7. The van der Waals surface area contributed by atoms with E-state index in [2.05, 4.69) is 0 Å². The fourth-order valence-corrected chi connectivity index (χ4v) is 2.19. The van der Waals surface area contributed by atoms with Gasteiger partial charge >= 0.3 is 0 Å². The summed E-state index contributed by atoms with van der Waals surface area (Å²) < 4.78 is 32.0. The predicted molar refractivity (Wildman–Crippen MR) is 77.4 cm³/mol. The molecule has 112 valence electrons. The number of hydrogen-bond acceptors (Lipinski definition) is 2. The molecule has 1 N–H and O–H groups in total. The van der Waals surface area contributed by atoms with Crippen LogP contribution in [0.2, 0.25) is 0 Å². The van der Waals surface area contributed by atoms with Crippen LogP contribution in [0.1, 0.15) is 29.2 Å². The van der Waals surface area contributed by atoms with Crippen molar-refractivity contribution in [3.05, 3.63) is 64.7 Å². The molecule has 21 heavy (non-hydrogen) atoms. The highest BCUT2D eigenvalue weighted by atomic mass is 19.1. The van der Waals surface area contributed by atoms with Gasteiger partial charge in [0.15, 0.2) is 0 Å². The van der Waals surface area contributed by atoms with Crippen LogP contribution in [-0.2, 0) is 6.42 Å². The van der Waals surface area contributed by atoms with Crippen molar-refractivity contribution in [2.45, 2.75) is 25.9 Å². The maximum absolute atomic E-state index is 13.7. The number of ether oxygens (including phenoxy) is 1. The Morgan fingerprint density at radius 3 is 2.38 bits per heavy atom. The third-order valence-corrected chi connectivity index (χ3v) is 3.50. The van der Waals surface area contributed by atoms with E-state index in [0.717, 1.165) is 17.4 Å². The first kappa shape index (κ1) is 15.4. The van der Waals surface area contributed by atoms with Crippen molar-refractivity contribution in [1.82, 2.24) is 0 Å². The molecule has 0 amide bonds. The Labute approximate surface area is 123 Å².